The lowest BCUT2D eigenvalue weighted by atomic mass is 10.1. The molecule has 0 aliphatic carbocycles. The van der Waals surface area contributed by atoms with Crippen LogP contribution in [-0.4, -0.2) is 30.6 Å². The second-order valence-corrected chi connectivity index (χ2v) is 4.58. The fourth-order valence-electron chi connectivity index (χ4n) is 1.80. The minimum absolute atomic E-state index is 0.201. The van der Waals surface area contributed by atoms with Crippen molar-refractivity contribution in [3.05, 3.63) is 0 Å². The third kappa shape index (κ3) is 10.3. The summed E-state index contributed by atoms with van der Waals surface area (Å²) in [6.45, 7) is 9.14. The summed E-state index contributed by atoms with van der Waals surface area (Å²) in [5.74, 6) is 0.201. The third-order valence-electron chi connectivity index (χ3n) is 3.15. The number of unbranched alkanes of at least 4 members (excludes halogenated alkanes) is 5. The van der Waals surface area contributed by atoms with E-state index in [0.717, 1.165) is 19.5 Å². The van der Waals surface area contributed by atoms with Gasteiger partial charge in [0.25, 0.3) is 0 Å². The van der Waals surface area contributed by atoms with Crippen LogP contribution in [0.2, 0.25) is 0 Å². The molecule has 0 bridgehead atoms. The molecule has 3 nitrogen and oxygen atoms in total. The van der Waals surface area contributed by atoms with E-state index in [0.29, 0.717) is 13.1 Å². The maximum Gasteiger partial charge on any atom is 0.220 e. The van der Waals surface area contributed by atoms with Crippen molar-refractivity contribution in [1.29, 1.82) is 0 Å². The van der Waals surface area contributed by atoms with Gasteiger partial charge in [-0.1, -0.05) is 52.9 Å². The summed E-state index contributed by atoms with van der Waals surface area (Å²) in [5, 5.41) is 2.97. The first-order valence-corrected chi connectivity index (χ1v) is 7.23. The Labute approximate surface area is 107 Å². The average molecular weight is 242 g/mol. The van der Waals surface area contributed by atoms with Crippen molar-refractivity contribution < 1.29 is 4.79 Å². The summed E-state index contributed by atoms with van der Waals surface area (Å²) in [5.41, 5.74) is 0. The minimum Gasteiger partial charge on any atom is -0.343 e. The Kier molecular flexibility index (Phi) is 11.5. The largest absolute Gasteiger partial charge is 0.343 e. The molecule has 0 saturated carbocycles. The smallest absolute Gasteiger partial charge is 0.220 e. The van der Waals surface area contributed by atoms with Crippen LogP contribution < -0.4 is 5.32 Å². The molecule has 102 valence electrons. The maximum absolute atomic E-state index is 11.5. The number of nitrogens with one attached hydrogen (secondary N) is 1. The quantitative estimate of drug-likeness (QED) is 0.446. The summed E-state index contributed by atoms with van der Waals surface area (Å²) in [4.78, 5) is 13.7. The lowest BCUT2D eigenvalue weighted by molar-refractivity contribution is -0.121. The predicted molar refractivity (Wildman–Crippen MR) is 73.9 cm³/mol. The molecule has 0 aromatic carbocycles. The molecule has 0 saturated heterocycles. The predicted octanol–water partition coefficient (Wildman–Crippen LogP) is 3.15. The van der Waals surface area contributed by atoms with E-state index in [1.54, 1.807) is 0 Å². The molecule has 0 heterocycles. The van der Waals surface area contributed by atoms with E-state index in [1.807, 2.05) is 0 Å². The van der Waals surface area contributed by atoms with Gasteiger partial charge in [0.2, 0.25) is 5.91 Å². The number of carbonyl (C=O) groups is 1. The molecule has 3 heteroatoms. The molecule has 0 fully saturated rings. The number of amides is 1. The van der Waals surface area contributed by atoms with E-state index >= 15 is 0 Å². The van der Waals surface area contributed by atoms with Gasteiger partial charge in [0.05, 0.1) is 6.67 Å². The van der Waals surface area contributed by atoms with Gasteiger partial charge < -0.3 is 5.32 Å². The molecule has 0 aromatic heterocycles. The lowest BCUT2D eigenvalue weighted by Gasteiger charge is -2.18. The Morgan fingerprint density at radius 2 is 1.53 bits per heavy atom. The molecule has 0 unspecified atom stereocenters. The van der Waals surface area contributed by atoms with E-state index in [2.05, 4.69) is 31.0 Å². The Morgan fingerprint density at radius 1 is 0.941 bits per heavy atom. The van der Waals surface area contributed by atoms with Gasteiger partial charge in [-0.2, -0.15) is 0 Å². The number of carbonyl (C=O) groups excluding carboxylic acids is 1. The molecule has 0 radical (unpaired) electrons. The molecular weight excluding hydrogens is 212 g/mol. The first-order valence-electron chi connectivity index (χ1n) is 7.23. The van der Waals surface area contributed by atoms with Crippen molar-refractivity contribution in [3.63, 3.8) is 0 Å². The summed E-state index contributed by atoms with van der Waals surface area (Å²) < 4.78 is 0. The maximum atomic E-state index is 11.5. The minimum atomic E-state index is 0.201. The lowest BCUT2D eigenvalue weighted by Crippen LogP contribution is -2.37. The molecule has 0 aliphatic heterocycles. The van der Waals surface area contributed by atoms with Crippen LogP contribution in [0, 0.1) is 0 Å². The zero-order valence-electron chi connectivity index (χ0n) is 11.9. The molecular formula is C14H30N2O. The van der Waals surface area contributed by atoms with Crippen LogP contribution in [0.4, 0.5) is 0 Å². The van der Waals surface area contributed by atoms with E-state index in [1.165, 1.54) is 32.1 Å². The van der Waals surface area contributed by atoms with Crippen LogP contribution >= 0.6 is 0 Å². The highest BCUT2D eigenvalue weighted by atomic mass is 16.1. The number of hydrogen-bond donors (Lipinski definition) is 1. The fraction of sp³-hybridized carbons (Fsp3) is 0.929. The molecule has 0 spiro atoms. The van der Waals surface area contributed by atoms with Crippen LogP contribution in [0.25, 0.3) is 0 Å². The van der Waals surface area contributed by atoms with E-state index in [9.17, 15) is 4.79 Å². The molecule has 1 amide bonds. The number of hydrogen-bond acceptors (Lipinski definition) is 2. The monoisotopic (exact) mass is 242 g/mol. The molecule has 0 atom stereocenters. The normalized spacial score (nSPS) is 10.8. The zero-order valence-corrected chi connectivity index (χ0v) is 11.9. The number of rotatable bonds is 11. The second-order valence-electron chi connectivity index (χ2n) is 4.58. The highest BCUT2D eigenvalue weighted by Gasteiger charge is 2.03. The first kappa shape index (κ1) is 16.4. The van der Waals surface area contributed by atoms with Crippen LogP contribution in [0.3, 0.4) is 0 Å². The van der Waals surface area contributed by atoms with Crippen molar-refractivity contribution in [2.75, 3.05) is 19.8 Å². The highest BCUT2D eigenvalue weighted by Crippen LogP contribution is 2.06. The van der Waals surface area contributed by atoms with Crippen LogP contribution in [0.5, 0.6) is 0 Å². The highest BCUT2D eigenvalue weighted by molar-refractivity contribution is 5.75. The Morgan fingerprint density at radius 3 is 2.12 bits per heavy atom. The van der Waals surface area contributed by atoms with Gasteiger partial charge in [-0.15, -0.1) is 0 Å². The van der Waals surface area contributed by atoms with Crippen molar-refractivity contribution >= 4 is 5.91 Å². The van der Waals surface area contributed by atoms with Gasteiger partial charge in [0.15, 0.2) is 0 Å². The van der Waals surface area contributed by atoms with Gasteiger partial charge >= 0.3 is 0 Å². The van der Waals surface area contributed by atoms with Gasteiger partial charge in [-0.25, -0.2) is 0 Å². The standard InChI is InChI=1S/C14H30N2O/c1-4-7-8-9-10-11-12-14(17)15-13-16(5-2)6-3/h4-13H2,1-3H3,(H,15,17). The van der Waals surface area contributed by atoms with Crippen molar-refractivity contribution in [2.45, 2.75) is 65.7 Å². The molecule has 0 rings (SSSR count). The van der Waals surface area contributed by atoms with Crippen molar-refractivity contribution in [3.8, 4) is 0 Å². The van der Waals surface area contributed by atoms with Crippen LogP contribution in [0.1, 0.15) is 65.7 Å². The van der Waals surface area contributed by atoms with Gasteiger partial charge in [-0.3, -0.25) is 9.69 Å². The molecule has 0 aromatic rings. The Hall–Kier alpha value is -0.570. The summed E-state index contributed by atoms with van der Waals surface area (Å²) in [7, 11) is 0. The number of nitrogens with zero attached hydrogens (tertiary/aromatic N) is 1. The SMILES string of the molecule is CCCCCCCCC(=O)NCN(CC)CC. The zero-order chi connectivity index (χ0) is 12.9. The van der Waals surface area contributed by atoms with Gasteiger partial charge in [0.1, 0.15) is 0 Å². The second kappa shape index (κ2) is 11.9. The average Bonchev–Trinajstić information content (AvgIpc) is 2.35. The summed E-state index contributed by atoms with van der Waals surface area (Å²) >= 11 is 0. The van der Waals surface area contributed by atoms with E-state index in [-0.39, 0.29) is 5.91 Å². The summed E-state index contributed by atoms with van der Waals surface area (Å²) in [6, 6.07) is 0. The van der Waals surface area contributed by atoms with Crippen molar-refractivity contribution in [2.24, 2.45) is 0 Å². The first-order chi connectivity index (χ1) is 8.24. The van der Waals surface area contributed by atoms with Crippen LogP contribution in [0.15, 0.2) is 0 Å². The van der Waals surface area contributed by atoms with E-state index in [4.69, 9.17) is 0 Å². The molecule has 1 N–H and O–H groups in total. The van der Waals surface area contributed by atoms with Gasteiger partial charge in [-0.05, 0) is 19.5 Å². The Bertz CT molecular complexity index is 179. The topological polar surface area (TPSA) is 32.3 Å². The fourth-order valence-corrected chi connectivity index (χ4v) is 1.80. The molecule has 0 aliphatic rings. The Balaban J connectivity index is 3.34. The third-order valence-corrected chi connectivity index (χ3v) is 3.15. The van der Waals surface area contributed by atoms with Crippen LogP contribution in [-0.2, 0) is 4.79 Å². The van der Waals surface area contributed by atoms with Crippen molar-refractivity contribution in [1.82, 2.24) is 10.2 Å². The summed E-state index contributed by atoms with van der Waals surface area (Å²) in [6.07, 6.45) is 8.12. The van der Waals surface area contributed by atoms with E-state index < -0.39 is 0 Å². The molecule has 17 heavy (non-hydrogen) atoms. The van der Waals surface area contributed by atoms with Gasteiger partial charge in [0, 0.05) is 6.42 Å².